The summed E-state index contributed by atoms with van der Waals surface area (Å²) in [6.07, 6.45) is 1.02. The molecule has 0 saturated heterocycles. The van der Waals surface area contributed by atoms with Crippen molar-refractivity contribution in [3.8, 4) is 0 Å². The van der Waals surface area contributed by atoms with Crippen LogP contribution < -0.4 is 15.4 Å². The summed E-state index contributed by atoms with van der Waals surface area (Å²) < 4.78 is 24.4. The van der Waals surface area contributed by atoms with Gasteiger partial charge in [0.05, 0.1) is 6.26 Å². The molecule has 0 aliphatic carbocycles. The topological polar surface area (TPSA) is 125 Å². The van der Waals surface area contributed by atoms with Crippen LogP contribution in [0.15, 0.2) is 0 Å². The van der Waals surface area contributed by atoms with Gasteiger partial charge in [0.25, 0.3) is 0 Å². The summed E-state index contributed by atoms with van der Waals surface area (Å²) in [4.78, 5) is 21.8. The van der Waals surface area contributed by atoms with E-state index in [1.807, 2.05) is 0 Å². The summed E-state index contributed by atoms with van der Waals surface area (Å²) in [5.41, 5.74) is -0.864. The Morgan fingerprint density at radius 1 is 1.33 bits per heavy atom. The molecule has 0 rings (SSSR count). The van der Waals surface area contributed by atoms with E-state index in [0.29, 0.717) is 0 Å². The second kappa shape index (κ2) is 6.01. The monoisotopic (exact) mass is 281 g/mol. The number of carbonyl (C=O) groups is 2. The van der Waals surface area contributed by atoms with Gasteiger partial charge in [0.1, 0.15) is 6.04 Å². The SMILES string of the molecule is C[C@@H](NC(=O)NCC(C)(C)NS(C)(=O)=O)C(=O)O. The number of hydrogen-bond acceptors (Lipinski definition) is 4. The first-order valence-electron chi connectivity index (χ1n) is 5.19. The first kappa shape index (κ1) is 16.6. The van der Waals surface area contributed by atoms with Crippen molar-refractivity contribution in [2.24, 2.45) is 0 Å². The summed E-state index contributed by atoms with van der Waals surface area (Å²) in [6, 6.07) is -1.69. The highest BCUT2D eigenvalue weighted by atomic mass is 32.2. The maximum absolute atomic E-state index is 11.3. The molecule has 18 heavy (non-hydrogen) atoms. The normalized spacial score (nSPS) is 13.8. The predicted octanol–water partition coefficient (Wildman–Crippen LogP) is -0.913. The number of rotatable bonds is 6. The van der Waals surface area contributed by atoms with E-state index < -0.39 is 33.6 Å². The molecule has 0 aromatic carbocycles. The van der Waals surface area contributed by atoms with Gasteiger partial charge in [-0.25, -0.2) is 17.9 Å². The molecule has 0 heterocycles. The number of aliphatic carboxylic acids is 1. The van der Waals surface area contributed by atoms with E-state index in [1.165, 1.54) is 6.92 Å². The molecule has 0 aliphatic rings. The molecule has 2 amide bonds. The lowest BCUT2D eigenvalue weighted by Gasteiger charge is -2.25. The smallest absolute Gasteiger partial charge is 0.325 e. The highest BCUT2D eigenvalue weighted by molar-refractivity contribution is 7.88. The Labute approximate surface area is 106 Å². The standard InChI is InChI=1S/C9H19N3O5S/c1-6(7(13)14)11-8(15)10-5-9(2,3)12-18(4,16)17/h6,12H,5H2,1-4H3,(H,13,14)(H2,10,11,15)/t6-/m1/s1. The lowest BCUT2D eigenvalue weighted by atomic mass is 10.1. The third kappa shape index (κ3) is 7.85. The molecule has 0 aromatic heterocycles. The first-order valence-corrected chi connectivity index (χ1v) is 7.08. The van der Waals surface area contributed by atoms with Crippen molar-refractivity contribution in [1.82, 2.24) is 15.4 Å². The predicted molar refractivity (Wildman–Crippen MR) is 65.7 cm³/mol. The second-order valence-corrected chi connectivity index (χ2v) is 6.39. The van der Waals surface area contributed by atoms with Crippen LogP contribution >= 0.6 is 0 Å². The van der Waals surface area contributed by atoms with Gasteiger partial charge >= 0.3 is 12.0 Å². The Morgan fingerprint density at radius 2 is 1.83 bits per heavy atom. The zero-order valence-corrected chi connectivity index (χ0v) is 11.6. The molecule has 4 N–H and O–H groups in total. The van der Waals surface area contributed by atoms with Crippen LogP contribution in [0.3, 0.4) is 0 Å². The molecule has 0 unspecified atom stereocenters. The van der Waals surface area contributed by atoms with Crippen LogP contribution in [0.5, 0.6) is 0 Å². The van der Waals surface area contributed by atoms with Crippen molar-refractivity contribution in [3.63, 3.8) is 0 Å². The maximum Gasteiger partial charge on any atom is 0.325 e. The number of sulfonamides is 1. The van der Waals surface area contributed by atoms with E-state index in [0.717, 1.165) is 6.26 Å². The molecule has 0 aromatic rings. The molecule has 0 saturated carbocycles. The quantitative estimate of drug-likeness (QED) is 0.501. The molecule has 0 spiro atoms. The Morgan fingerprint density at radius 3 is 2.22 bits per heavy atom. The van der Waals surface area contributed by atoms with E-state index in [-0.39, 0.29) is 6.54 Å². The third-order valence-corrected chi connectivity index (χ3v) is 2.79. The van der Waals surface area contributed by atoms with Crippen molar-refractivity contribution in [2.45, 2.75) is 32.4 Å². The van der Waals surface area contributed by atoms with E-state index in [4.69, 9.17) is 5.11 Å². The molecule has 0 bridgehead atoms. The van der Waals surface area contributed by atoms with Crippen LogP contribution in [-0.4, -0.2) is 49.9 Å². The van der Waals surface area contributed by atoms with Crippen LogP contribution in [0.1, 0.15) is 20.8 Å². The number of amides is 2. The maximum atomic E-state index is 11.3. The summed E-state index contributed by atoms with van der Waals surface area (Å²) in [6.45, 7) is 4.53. The van der Waals surface area contributed by atoms with Crippen molar-refractivity contribution < 1.29 is 23.1 Å². The second-order valence-electron chi connectivity index (χ2n) is 4.65. The van der Waals surface area contributed by atoms with Gasteiger partial charge in [0, 0.05) is 12.1 Å². The largest absolute Gasteiger partial charge is 0.480 e. The van der Waals surface area contributed by atoms with Gasteiger partial charge in [0.15, 0.2) is 0 Å². The van der Waals surface area contributed by atoms with Gasteiger partial charge in [-0.1, -0.05) is 0 Å². The molecule has 0 fully saturated rings. The highest BCUT2D eigenvalue weighted by Crippen LogP contribution is 2.01. The number of carboxylic acid groups (broad SMARTS) is 1. The van der Waals surface area contributed by atoms with Crippen LogP contribution in [-0.2, 0) is 14.8 Å². The molecule has 0 aliphatic heterocycles. The van der Waals surface area contributed by atoms with Gasteiger partial charge in [-0.2, -0.15) is 0 Å². The minimum atomic E-state index is -3.38. The average Bonchev–Trinajstić information content (AvgIpc) is 2.11. The number of nitrogens with one attached hydrogen (secondary N) is 3. The van der Waals surface area contributed by atoms with Gasteiger partial charge in [-0.3, -0.25) is 4.79 Å². The van der Waals surface area contributed by atoms with Crippen LogP contribution in [0.2, 0.25) is 0 Å². The fourth-order valence-corrected chi connectivity index (χ4v) is 2.22. The fraction of sp³-hybridized carbons (Fsp3) is 0.778. The number of carboxylic acids is 1. The number of urea groups is 1. The minimum absolute atomic E-state index is 0.0260. The minimum Gasteiger partial charge on any atom is -0.480 e. The Hall–Kier alpha value is -1.35. The number of carbonyl (C=O) groups excluding carboxylic acids is 1. The van der Waals surface area contributed by atoms with Crippen molar-refractivity contribution in [3.05, 3.63) is 0 Å². The lowest BCUT2D eigenvalue weighted by Crippen LogP contribution is -2.54. The molecular weight excluding hydrogens is 262 g/mol. The van der Waals surface area contributed by atoms with Gasteiger partial charge in [0.2, 0.25) is 10.0 Å². The van der Waals surface area contributed by atoms with E-state index >= 15 is 0 Å². The number of hydrogen-bond donors (Lipinski definition) is 4. The van der Waals surface area contributed by atoms with Crippen LogP contribution in [0, 0.1) is 0 Å². The van der Waals surface area contributed by atoms with Crippen molar-refractivity contribution in [2.75, 3.05) is 12.8 Å². The lowest BCUT2D eigenvalue weighted by molar-refractivity contribution is -0.138. The first-order chi connectivity index (χ1) is 7.93. The summed E-state index contributed by atoms with van der Waals surface area (Å²) in [7, 11) is -3.38. The van der Waals surface area contributed by atoms with Gasteiger partial charge in [-0.15, -0.1) is 0 Å². The van der Waals surface area contributed by atoms with Crippen LogP contribution in [0.4, 0.5) is 4.79 Å². The van der Waals surface area contributed by atoms with Crippen molar-refractivity contribution >= 4 is 22.0 Å². The van der Waals surface area contributed by atoms with Gasteiger partial charge in [-0.05, 0) is 20.8 Å². The summed E-state index contributed by atoms with van der Waals surface area (Å²) >= 11 is 0. The molecular formula is C9H19N3O5S. The van der Waals surface area contributed by atoms with Gasteiger partial charge < -0.3 is 15.7 Å². The molecule has 1 atom stereocenters. The average molecular weight is 281 g/mol. The van der Waals surface area contributed by atoms with Crippen molar-refractivity contribution in [1.29, 1.82) is 0 Å². The van der Waals surface area contributed by atoms with Crippen LogP contribution in [0.25, 0.3) is 0 Å². The molecule has 106 valence electrons. The highest BCUT2D eigenvalue weighted by Gasteiger charge is 2.23. The zero-order valence-electron chi connectivity index (χ0n) is 10.8. The summed E-state index contributed by atoms with van der Waals surface area (Å²) in [5.74, 6) is -1.15. The van der Waals surface area contributed by atoms with E-state index in [1.54, 1.807) is 13.8 Å². The Bertz CT molecular complexity index is 418. The fourth-order valence-electron chi connectivity index (χ4n) is 1.15. The Balaban J connectivity index is 4.24. The molecule has 9 heteroatoms. The van der Waals surface area contributed by atoms with E-state index in [2.05, 4.69) is 15.4 Å². The third-order valence-electron chi connectivity index (χ3n) is 1.87. The summed E-state index contributed by atoms with van der Waals surface area (Å²) in [5, 5.41) is 13.2. The Kier molecular flexibility index (Phi) is 5.55. The zero-order chi connectivity index (χ0) is 14.6. The molecule has 8 nitrogen and oxygen atoms in total. The van der Waals surface area contributed by atoms with E-state index in [9.17, 15) is 18.0 Å². The molecule has 0 radical (unpaired) electrons.